The van der Waals surface area contributed by atoms with Crippen LogP contribution < -0.4 is 5.32 Å². The molecule has 3 heteroatoms. The van der Waals surface area contributed by atoms with Crippen LogP contribution in [-0.2, 0) is 4.74 Å². The molecule has 100 valence electrons. The third kappa shape index (κ3) is 2.83. The van der Waals surface area contributed by atoms with Crippen molar-refractivity contribution in [1.82, 2.24) is 10.2 Å². The Labute approximate surface area is 106 Å². The zero-order valence-electron chi connectivity index (χ0n) is 11.8. The zero-order valence-corrected chi connectivity index (χ0v) is 11.8. The summed E-state index contributed by atoms with van der Waals surface area (Å²) in [5.41, 5.74) is 0. The van der Waals surface area contributed by atoms with E-state index in [2.05, 4.69) is 31.0 Å². The van der Waals surface area contributed by atoms with Crippen LogP contribution in [0.2, 0.25) is 0 Å². The molecule has 3 nitrogen and oxygen atoms in total. The summed E-state index contributed by atoms with van der Waals surface area (Å²) in [7, 11) is 1.87. The summed E-state index contributed by atoms with van der Waals surface area (Å²) in [6, 6.07) is 1.94. The second kappa shape index (κ2) is 5.68. The Morgan fingerprint density at radius 2 is 2.06 bits per heavy atom. The Hall–Kier alpha value is -0.120. The van der Waals surface area contributed by atoms with E-state index >= 15 is 0 Å². The molecule has 2 fully saturated rings. The minimum absolute atomic E-state index is 0.461. The van der Waals surface area contributed by atoms with Gasteiger partial charge in [-0.2, -0.15) is 0 Å². The fourth-order valence-corrected chi connectivity index (χ4v) is 3.38. The molecule has 1 aliphatic carbocycles. The Bertz CT molecular complexity index is 244. The number of nitrogens with one attached hydrogen (secondary N) is 1. The molecule has 0 bridgehead atoms. The molecule has 0 aromatic rings. The van der Waals surface area contributed by atoms with Gasteiger partial charge in [0.15, 0.2) is 0 Å². The maximum Gasteiger partial charge on any atom is 0.0726 e. The lowest BCUT2D eigenvalue weighted by atomic mass is 9.97. The number of hydrogen-bond acceptors (Lipinski definition) is 3. The molecule has 1 heterocycles. The Balaban J connectivity index is 2.01. The van der Waals surface area contributed by atoms with Crippen LogP contribution in [0.15, 0.2) is 0 Å². The van der Waals surface area contributed by atoms with Crippen LogP contribution in [0, 0.1) is 5.92 Å². The highest BCUT2D eigenvalue weighted by Gasteiger charge is 2.37. The van der Waals surface area contributed by atoms with Crippen molar-refractivity contribution in [2.45, 2.75) is 64.3 Å². The van der Waals surface area contributed by atoms with Gasteiger partial charge in [-0.3, -0.25) is 4.90 Å². The van der Waals surface area contributed by atoms with Crippen LogP contribution in [0.4, 0.5) is 0 Å². The van der Waals surface area contributed by atoms with E-state index < -0.39 is 0 Å². The quantitative estimate of drug-likeness (QED) is 0.815. The minimum Gasteiger partial charge on any atom is -0.380 e. The van der Waals surface area contributed by atoms with Gasteiger partial charge in [0.2, 0.25) is 0 Å². The molecule has 1 N–H and O–H groups in total. The highest BCUT2D eigenvalue weighted by atomic mass is 16.5. The predicted octanol–water partition coefficient (Wildman–Crippen LogP) is 1.87. The molecule has 0 amide bonds. The smallest absolute Gasteiger partial charge is 0.0726 e. The molecule has 1 saturated heterocycles. The number of hydrogen-bond donors (Lipinski definition) is 1. The molecule has 4 atom stereocenters. The van der Waals surface area contributed by atoms with Gasteiger partial charge >= 0.3 is 0 Å². The molecule has 4 unspecified atom stereocenters. The van der Waals surface area contributed by atoms with E-state index in [1.807, 2.05) is 7.11 Å². The standard InChI is InChI=1S/C14H28N2O/c1-10(2)12-9-16(11(3)8-15-12)13-6-5-7-14(13)17-4/h10-15H,5-9H2,1-4H3. The minimum atomic E-state index is 0.461. The van der Waals surface area contributed by atoms with Gasteiger partial charge < -0.3 is 10.1 Å². The van der Waals surface area contributed by atoms with Crippen molar-refractivity contribution in [3.8, 4) is 0 Å². The van der Waals surface area contributed by atoms with Crippen molar-refractivity contribution >= 4 is 0 Å². The molecule has 17 heavy (non-hydrogen) atoms. The van der Waals surface area contributed by atoms with E-state index in [-0.39, 0.29) is 0 Å². The van der Waals surface area contributed by atoms with Crippen LogP contribution in [0.25, 0.3) is 0 Å². The number of rotatable bonds is 3. The topological polar surface area (TPSA) is 24.5 Å². The van der Waals surface area contributed by atoms with E-state index in [0.29, 0.717) is 30.1 Å². The molecule has 2 rings (SSSR count). The highest BCUT2D eigenvalue weighted by Crippen LogP contribution is 2.29. The fourth-order valence-electron chi connectivity index (χ4n) is 3.38. The van der Waals surface area contributed by atoms with Crippen molar-refractivity contribution in [2.75, 3.05) is 20.2 Å². The fraction of sp³-hybridized carbons (Fsp3) is 1.00. The first kappa shape index (κ1) is 13.3. The highest BCUT2D eigenvalue weighted by molar-refractivity contribution is 4.94. The summed E-state index contributed by atoms with van der Waals surface area (Å²) in [5.74, 6) is 0.715. The number of piperazine rings is 1. The first-order valence-electron chi connectivity index (χ1n) is 7.15. The van der Waals surface area contributed by atoms with E-state index in [4.69, 9.17) is 4.74 Å². The van der Waals surface area contributed by atoms with E-state index in [0.717, 1.165) is 6.54 Å². The van der Waals surface area contributed by atoms with Gasteiger partial charge in [-0.15, -0.1) is 0 Å². The van der Waals surface area contributed by atoms with Gasteiger partial charge in [0.25, 0.3) is 0 Å². The summed E-state index contributed by atoms with van der Waals surface area (Å²) in [6.45, 7) is 9.27. The van der Waals surface area contributed by atoms with Gasteiger partial charge in [-0.25, -0.2) is 0 Å². The van der Waals surface area contributed by atoms with Crippen molar-refractivity contribution in [1.29, 1.82) is 0 Å². The molecular formula is C14H28N2O. The third-order valence-corrected chi connectivity index (χ3v) is 4.60. The second-order valence-electron chi connectivity index (χ2n) is 6.08. The molecule has 1 saturated carbocycles. The molecule has 0 aromatic carbocycles. The van der Waals surface area contributed by atoms with Crippen molar-refractivity contribution in [3.63, 3.8) is 0 Å². The van der Waals surface area contributed by atoms with Crippen LogP contribution in [0.1, 0.15) is 40.0 Å². The Kier molecular flexibility index (Phi) is 4.45. The lowest BCUT2D eigenvalue weighted by Crippen LogP contribution is -2.61. The monoisotopic (exact) mass is 240 g/mol. The van der Waals surface area contributed by atoms with Crippen LogP contribution in [0.5, 0.6) is 0 Å². The van der Waals surface area contributed by atoms with E-state index in [1.54, 1.807) is 0 Å². The number of methoxy groups -OCH3 is 1. The molecule has 2 aliphatic rings. The third-order valence-electron chi connectivity index (χ3n) is 4.60. The summed E-state index contributed by atoms with van der Waals surface area (Å²) in [4.78, 5) is 2.70. The van der Waals surface area contributed by atoms with Gasteiger partial charge in [0, 0.05) is 38.3 Å². The summed E-state index contributed by atoms with van der Waals surface area (Å²) in [6.07, 6.45) is 4.34. The van der Waals surface area contributed by atoms with Crippen molar-refractivity contribution < 1.29 is 4.74 Å². The number of ether oxygens (including phenoxy) is 1. The van der Waals surface area contributed by atoms with Crippen molar-refractivity contribution in [2.24, 2.45) is 5.92 Å². The Morgan fingerprint density at radius 1 is 1.29 bits per heavy atom. The lowest BCUT2D eigenvalue weighted by Gasteiger charge is -2.45. The summed E-state index contributed by atoms with van der Waals surface area (Å²) < 4.78 is 5.66. The Morgan fingerprint density at radius 3 is 2.71 bits per heavy atom. The molecule has 0 radical (unpaired) electrons. The molecule has 0 aromatic heterocycles. The van der Waals surface area contributed by atoms with Gasteiger partial charge in [-0.05, 0) is 32.1 Å². The maximum atomic E-state index is 5.66. The SMILES string of the molecule is COC1CCCC1N1CC(C(C)C)NCC1C. The normalized spacial score (nSPS) is 40.1. The predicted molar refractivity (Wildman–Crippen MR) is 71.2 cm³/mol. The maximum absolute atomic E-state index is 5.66. The van der Waals surface area contributed by atoms with Gasteiger partial charge in [0.05, 0.1) is 6.10 Å². The average molecular weight is 240 g/mol. The van der Waals surface area contributed by atoms with Gasteiger partial charge in [-0.1, -0.05) is 13.8 Å². The largest absolute Gasteiger partial charge is 0.380 e. The first-order chi connectivity index (χ1) is 8.13. The summed E-state index contributed by atoms with van der Waals surface area (Å²) in [5, 5.41) is 3.67. The molecule has 0 spiro atoms. The average Bonchev–Trinajstić information content (AvgIpc) is 2.77. The van der Waals surface area contributed by atoms with Crippen molar-refractivity contribution in [3.05, 3.63) is 0 Å². The van der Waals surface area contributed by atoms with Crippen LogP contribution >= 0.6 is 0 Å². The second-order valence-corrected chi connectivity index (χ2v) is 6.08. The van der Waals surface area contributed by atoms with Gasteiger partial charge in [0.1, 0.15) is 0 Å². The number of nitrogens with zero attached hydrogens (tertiary/aromatic N) is 1. The first-order valence-corrected chi connectivity index (χ1v) is 7.15. The van der Waals surface area contributed by atoms with Crippen LogP contribution in [0.3, 0.4) is 0 Å². The van der Waals surface area contributed by atoms with E-state index in [9.17, 15) is 0 Å². The lowest BCUT2D eigenvalue weighted by molar-refractivity contribution is -0.00346. The van der Waals surface area contributed by atoms with E-state index in [1.165, 1.54) is 25.8 Å². The van der Waals surface area contributed by atoms with Crippen LogP contribution in [-0.4, -0.2) is 49.3 Å². The molecule has 1 aliphatic heterocycles. The molecular weight excluding hydrogens is 212 g/mol. The summed E-state index contributed by atoms with van der Waals surface area (Å²) >= 11 is 0. The zero-order chi connectivity index (χ0) is 12.4.